The fourth-order valence-electron chi connectivity index (χ4n) is 3.62. The highest BCUT2D eigenvalue weighted by Gasteiger charge is 2.33. The summed E-state index contributed by atoms with van der Waals surface area (Å²) >= 11 is 0. The monoisotopic (exact) mass is 286 g/mol. The Morgan fingerprint density at radius 1 is 1.14 bits per heavy atom. The molecule has 1 aliphatic heterocycles. The summed E-state index contributed by atoms with van der Waals surface area (Å²) < 4.78 is 0. The third-order valence-corrected chi connectivity index (χ3v) is 5.70. The van der Waals surface area contributed by atoms with Gasteiger partial charge in [-0.05, 0) is 69.6 Å². The van der Waals surface area contributed by atoms with Gasteiger partial charge < -0.3 is 10.2 Å². The molecule has 2 heteroatoms. The van der Waals surface area contributed by atoms with Gasteiger partial charge in [0.25, 0.3) is 0 Å². The van der Waals surface area contributed by atoms with E-state index in [0.717, 1.165) is 12.0 Å². The second-order valence-corrected chi connectivity index (χ2v) is 7.77. The van der Waals surface area contributed by atoms with Gasteiger partial charge in [-0.3, -0.25) is 0 Å². The van der Waals surface area contributed by atoms with Gasteiger partial charge in [-0.2, -0.15) is 0 Å². The number of rotatable bonds is 4. The topological polar surface area (TPSA) is 15.3 Å². The standard InChI is InChI=1S/C19H30N2/c1-15-4-6-16(7-5-15)17-12-18(13-17)20-14-19(2)8-10-21(3)11-9-19/h4-7,17-18,20H,8-14H2,1-3H3. The predicted octanol–water partition coefficient (Wildman–Crippen LogP) is 3.56. The molecule has 3 rings (SSSR count). The average Bonchev–Trinajstić information content (AvgIpc) is 2.43. The molecule has 2 nitrogen and oxygen atoms in total. The van der Waals surface area contributed by atoms with Crippen molar-refractivity contribution in [3.8, 4) is 0 Å². The Bertz CT molecular complexity index is 451. The summed E-state index contributed by atoms with van der Waals surface area (Å²) in [6.45, 7) is 8.34. The molecular weight excluding hydrogens is 256 g/mol. The summed E-state index contributed by atoms with van der Waals surface area (Å²) in [6.07, 6.45) is 5.31. The molecule has 1 N–H and O–H groups in total. The second-order valence-electron chi connectivity index (χ2n) is 7.77. The van der Waals surface area contributed by atoms with Crippen LogP contribution in [-0.4, -0.2) is 37.6 Å². The molecule has 0 unspecified atom stereocenters. The maximum absolute atomic E-state index is 3.84. The molecule has 0 aromatic heterocycles. The summed E-state index contributed by atoms with van der Waals surface area (Å²) in [6, 6.07) is 9.86. The van der Waals surface area contributed by atoms with Crippen LogP contribution in [0.3, 0.4) is 0 Å². The zero-order valence-corrected chi connectivity index (χ0v) is 13.9. The van der Waals surface area contributed by atoms with E-state index in [1.807, 2.05) is 0 Å². The van der Waals surface area contributed by atoms with Crippen LogP contribution in [0.15, 0.2) is 24.3 Å². The highest BCUT2D eigenvalue weighted by Crippen LogP contribution is 2.38. The fraction of sp³-hybridized carbons (Fsp3) is 0.684. The lowest BCUT2D eigenvalue weighted by Gasteiger charge is -2.42. The Kier molecular flexibility index (Phi) is 4.37. The first kappa shape index (κ1) is 15.1. The molecular formula is C19H30N2. The lowest BCUT2D eigenvalue weighted by Crippen LogP contribution is -2.47. The Morgan fingerprint density at radius 2 is 1.76 bits per heavy atom. The zero-order chi connectivity index (χ0) is 14.9. The third-order valence-electron chi connectivity index (χ3n) is 5.70. The van der Waals surface area contributed by atoms with Crippen molar-refractivity contribution in [2.45, 2.75) is 51.5 Å². The molecule has 2 aliphatic rings. The van der Waals surface area contributed by atoms with Gasteiger partial charge in [0.1, 0.15) is 0 Å². The Labute approximate surface area is 129 Å². The van der Waals surface area contributed by atoms with E-state index in [1.165, 1.54) is 56.4 Å². The summed E-state index contributed by atoms with van der Waals surface area (Å²) in [4.78, 5) is 2.46. The van der Waals surface area contributed by atoms with Gasteiger partial charge in [-0.1, -0.05) is 36.8 Å². The highest BCUT2D eigenvalue weighted by molar-refractivity contribution is 5.26. The van der Waals surface area contributed by atoms with Gasteiger partial charge in [0.15, 0.2) is 0 Å². The predicted molar refractivity (Wildman–Crippen MR) is 89.8 cm³/mol. The number of piperidine rings is 1. The second kappa shape index (κ2) is 6.10. The number of hydrogen-bond donors (Lipinski definition) is 1. The minimum absolute atomic E-state index is 0.515. The third kappa shape index (κ3) is 3.67. The Balaban J connectivity index is 1.42. The number of hydrogen-bond acceptors (Lipinski definition) is 2. The summed E-state index contributed by atoms with van der Waals surface area (Å²) in [5, 5.41) is 3.84. The minimum Gasteiger partial charge on any atom is -0.313 e. The smallest absolute Gasteiger partial charge is 0.00789 e. The molecule has 1 saturated heterocycles. The number of likely N-dealkylation sites (tertiary alicyclic amines) is 1. The van der Waals surface area contributed by atoms with Crippen LogP contribution in [0, 0.1) is 12.3 Å². The van der Waals surface area contributed by atoms with Gasteiger partial charge in [0, 0.05) is 12.6 Å². The Hall–Kier alpha value is -0.860. The van der Waals surface area contributed by atoms with Crippen molar-refractivity contribution < 1.29 is 0 Å². The van der Waals surface area contributed by atoms with Crippen LogP contribution in [0.4, 0.5) is 0 Å². The van der Waals surface area contributed by atoms with E-state index in [9.17, 15) is 0 Å². The molecule has 0 amide bonds. The van der Waals surface area contributed by atoms with E-state index >= 15 is 0 Å². The molecule has 0 atom stereocenters. The zero-order valence-electron chi connectivity index (χ0n) is 13.9. The van der Waals surface area contributed by atoms with Crippen LogP contribution in [0.25, 0.3) is 0 Å². The molecule has 1 aromatic carbocycles. The minimum atomic E-state index is 0.515. The largest absolute Gasteiger partial charge is 0.313 e. The van der Waals surface area contributed by atoms with Crippen molar-refractivity contribution in [3.05, 3.63) is 35.4 Å². The molecule has 0 bridgehead atoms. The average molecular weight is 286 g/mol. The van der Waals surface area contributed by atoms with Crippen LogP contribution in [0.2, 0.25) is 0 Å². The lowest BCUT2D eigenvalue weighted by atomic mass is 9.74. The van der Waals surface area contributed by atoms with E-state index < -0.39 is 0 Å². The van der Waals surface area contributed by atoms with E-state index in [0.29, 0.717) is 5.41 Å². The molecule has 1 saturated carbocycles. The summed E-state index contributed by atoms with van der Waals surface area (Å²) in [5.41, 5.74) is 3.41. The number of nitrogens with zero attached hydrogens (tertiary/aromatic N) is 1. The van der Waals surface area contributed by atoms with E-state index in [1.54, 1.807) is 0 Å². The number of nitrogens with one attached hydrogen (secondary N) is 1. The van der Waals surface area contributed by atoms with Gasteiger partial charge in [-0.25, -0.2) is 0 Å². The number of benzene rings is 1. The lowest BCUT2D eigenvalue weighted by molar-refractivity contribution is 0.125. The molecule has 0 spiro atoms. The van der Waals surface area contributed by atoms with Gasteiger partial charge in [0.2, 0.25) is 0 Å². The van der Waals surface area contributed by atoms with Crippen LogP contribution < -0.4 is 5.32 Å². The van der Waals surface area contributed by atoms with Gasteiger partial charge in [-0.15, -0.1) is 0 Å². The van der Waals surface area contributed by atoms with Gasteiger partial charge >= 0.3 is 0 Å². The molecule has 1 aromatic rings. The molecule has 2 fully saturated rings. The van der Waals surface area contributed by atoms with Crippen LogP contribution >= 0.6 is 0 Å². The van der Waals surface area contributed by atoms with Crippen LogP contribution in [0.1, 0.15) is 49.7 Å². The molecule has 1 heterocycles. The Morgan fingerprint density at radius 3 is 2.38 bits per heavy atom. The number of aryl methyl sites for hydroxylation is 1. The van der Waals surface area contributed by atoms with Crippen molar-refractivity contribution >= 4 is 0 Å². The van der Waals surface area contributed by atoms with Crippen molar-refractivity contribution in [1.29, 1.82) is 0 Å². The van der Waals surface area contributed by atoms with Crippen molar-refractivity contribution in [3.63, 3.8) is 0 Å². The van der Waals surface area contributed by atoms with E-state index in [4.69, 9.17) is 0 Å². The SMILES string of the molecule is Cc1ccc(C2CC(NCC3(C)CCN(C)CC3)C2)cc1. The molecule has 21 heavy (non-hydrogen) atoms. The quantitative estimate of drug-likeness (QED) is 0.910. The fourth-order valence-corrected chi connectivity index (χ4v) is 3.62. The molecule has 0 radical (unpaired) electrons. The maximum Gasteiger partial charge on any atom is 0.00789 e. The summed E-state index contributed by atoms with van der Waals surface area (Å²) in [5.74, 6) is 0.786. The molecule has 1 aliphatic carbocycles. The van der Waals surface area contributed by atoms with Crippen LogP contribution in [-0.2, 0) is 0 Å². The maximum atomic E-state index is 3.84. The van der Waals surface area contributed by atoms with Crippen molar-refractivity contribution in [2.75, 3.05) is 26.7 Å². The van der Waals surface area contributed by atoms with Crippen molar-refractivity contribution in [1.82, 2.24) is 10.2 Å². The van der Waals surface area contributed by atoms with Crippen LogP contribution in [0.5, 0.6) is 0 Å². The normalized spacial score (nSPS) is 29.1. The van der Waals surface area contributed by atoms with Gasteiger partial charge in [0.05, 0.1) is 0 Å². The summed E-state index contributed by atoms with van der Waals surface area (Å²) in [7, 11) is 2.24. The van der Waals surface area contributed by atoms with E-state index in [2.05, 4.69) is 55.4 Å². The van der Waals surface area contributed by atoms with Crippen molar-refractivity contribution in [2.24, 2.45) is 5.41 Å². The van der Waals surface area contributed by atoms with E-state index in [-0.39, 0.29) is 0 Å². The first-order chi connectivity index (χ1) is 10.0. The highest BCUT2D eigenvalue weighted by atomic mass is 15.1. The first-order valence-electron chi connectivity index (χ1n) is 8.53. The molecule has 116 valence electrons. The first-order valence-corrected chi connectivity index (χ1v) is 8.53.